The Kier molecular flexibility index (Phi) is 7.40. The number of nitrogens with one attached hydrogen (secondary N) is 1. The lowest BCUT2D eigenvalue weighted by molar-refractivity contribution is -0.248. The van der Waals surface area contributed by atoms with Gasteiger partial charge in [0.25, 0.3) is 5.88 Å². The van der Waals surface area contributed by atoms with E-state index in [1.165, 1.54) is 11.8 Å². The third-order valence-corrected chi connectivity index (χ3v) is 7.44. The second kappa shape index (κ2) is 8.71. The molecule has 0 aromatic carbocycles. The average molecular weight is 434 g/mol. The molecule has 0 aliphatic carbocycles. The normalized spacial score (nSPS) is 25.8. The largest absolute Gasteiger partial charge is 0.472 e. The molecule has 8 nitrogen and oxygen atoms in total. The molecule has 1 fully saturated rings. The van der Waals surface area contributed by atoms with Crippen LogP contribution >= 0.6 is 23.5 Å². The van der Waals surface area contributed by atoms with Crippen LogP contribution in [0.25, 0.3) is 0 Å². The third-order valence-electron chi connectivity index (χ3n) is 5.16. The van der Waals surface area contributed by atoms with Crippen LogP contribution in [0, 0.1) is 5.92 Å². The lowest BCUT2D eigenvalue weighted by atomic mass is 9.87. The lowest BCUT2D eigenvalue weighted by Crippen LogP contribution is -2.47. The molecule has 0 spiro atoms. The topological polar surface area (TPSA) is 111 Å². The maximum absolute atomic E-state index is 12.8. The Labute approximate surface area is 176 Å². The zero-order valence-corrected chi connectivity index (χ0v) is 19.4. The van der Waals surface area contributed by atoms with Crippen molar-refractivity contribution in [3.63, 3.8) is 0 Å². The molecule has 0 amide bonds. The fourth-order valence-electron chi connectivity index (χ4n) is 3.53. The second-order valence-corrected chi connectivity index (χ2v) is 11.1. The van der Waals surface area contributed by atoms with Crippen molar-refractivity contribution in [2.45, 2.75) is 81.5 Å². The van der Waals surface area contributed by atoms with E-state index in [4.69, 9.17) is 4.74 Å². The minimum atomic E-state index is -0.685. The molecule has 1 radical (unpaired) electrons. The van der Waals surface area contributed by atoms with Gasteiger partial charge in [-0.1, -0.05) is 11.8 Å². The maximum atomic E-state index is 12.8. The standard InChI is InChI=1S/C18H33N4O4S2/c1-16(2,3)19-8-11(24)10-26-14-15(21-28-20-14)27-13-12(9-23)17(4,5)22(25)18(13,6)7/h11-13,19,23-24H,8-10H2,1-7H3. The Morgan fingerprint density at radius 2 is 1.93 bits per heavy atom. The van der Waals surface area contributed by atoms with Gasteiger partial charge in [-0.15, -0.1) is 14.6 Å². The molecule has 3 unspecified atom stereocenters. The molecule has 1 aromatic heterocycles. The molecule has 1 aliphatic rings. The molecule has 1 saturated heterocycles. The molecular weight excluding hydrogens is 400 g/mol. The first-order chi connectivity index (χ1) is 12.8. The summed E-state index contributed by atoms with van der Waals surface area (Å²) in [5, 5.41) is 37.6. The Balaban J connectivity index is 2.05. The molecule has 28 heavy (non-hydrogen) atoms. The number of aliphatic hydroxyl groups excluding tert-OH is 2. The van der Waals surface area contributed by atoms with Gasteiger partial charge in [-0.2, -0.15) is 4.37 Å². The molecule has 3 N–H and O–H groups in total. The van der Waals surface area contributed by atoms with Crippen molar-refractivity contribution in [2.75, 3.05) is 19.8 Å². The summed E-state index contributed by atoms with van der Waals surface area (Å²) in [4.78, 5) is 0. The summed E-state index contributed by atoms with van der Waals surface area (Å²) in [7, 11) is 0. The first-order valence-electron chi connectivity index (χ1n) is 9.44. The fraction of sp³-hybridized carbons (Fsp3) is 0.889. The predicted octanol–water partition coefficient (Wildman–Crippen LogP) is 1.95. The van der Waals surface area contributed by atoms with Gasteiger partial charge in [-0.3, -0.25) is 0 Å². The molecule has 10 heteroatoms. The van der Waals surface area contributed by atoms with Crippen molar-refractivity contribution in [1.29, 1.82) is 0 Å². The number of aliphatic hydroxyl groups is 2. The number of hydroxylamine groups is 2. The van der Waals surface area contributed by atoms with E-state index in [1.807, 2.05) is 48.5 Å². The molecule has 0 bridgehead atoms. The number of hydrogen-bond donors (Lipinski definition) is 3. The predicted molar refractivity (Wildman–Crippen MR) is 110 cm³/mol. The van der Waals surface area contributed by atoms with E-state index in [2.05, 4.69) is 14.1 Å². The van der Waals surface area contributed by atoms with Crippen LogP contribution in [0.2, 0.25) is 0 Å². The van der Waals surface area contributed by atoms with Crippen LogP contribution in [0.5, 0.6) is 5.88 Å². The van der Waals surface area contributed by atoms with Gasteiger partial charge in [-0.05, 0) is 48.5 Å². The third kappa shape index (κ3) is 5.16. The smallest absolute Gasteiger partial charge is 0.260 e. The quantitative estimate of drug-likeness (QED) is 0.571. The molecule has 2 rings (SSSR count). The lowest BCUT2D eigenvalue weighted by Gasteiger charge is -2.33. The van der Waals surface area contributed by atoms with Gasteiger partial charge in [0.05, 0.1) is 22.8 Å². The van der Waals surface area contributed by atoms with E-state index in [0.717, 1.165) is 16.8 Å². The monoisotopic (exact) mass is 433 g/mol. The number of hydrogen-bond acceptors (Lipinski definition) is 9. The van der Waals surface area contributed by atoms with E-state index in [1.54, 1.807) is 0 Å². The average Bonchev–Trinajstić information content (AvgIpc) is 3.07. The van der Waals surface area contributed by atoms with Gasteiger partial charge >= 0.3 is 0 Å². The summed E-state index contributed by atoms with van der Waals surface area (Å²) in [6.07, 6.45) is -0.678. The molecule has 161 valence electrons. The highest BCUT2D eigenvalue weighted by atomic mass is 32.2. The van der Waals surface area contributed by atoms with Crippen molar-refractivity contribution < 1.29 is 20.2 Å². The summed E-state index contributed by atoms with van der Waals surface area (Å²) in [6, 6.07) is 0. The van der Waals surface area contributed by atoms with Crippen LogP contribution in [-0.4, -0.2) is 71.8 Å². The molecule has 2 heterocycles. The number of aromatic nitrogens is 2. The number of thioether (sulfide) groups is 1. The van der Waals surface area contributed by atoms with Crippen LogP contribution in [0.1, 0.15) is 48.5 Å². The fourth-order valence-corrected chi connectivity index (χ4v) is 5.68. The summed E-state index contributed by atoms with van der Waals surface area (Å²) in [6.45, 7) is 14.0. The molecular formula is C18H33N4O4S2. The SMILES string of the molecule is CC(C)(C)NCC(O)COc1nsnc1SC1C(CO)C(C)(C)N([O])C1(C)C. The van der Waals surface area contributed by atoms with Crippen molar-refractivity contribution in [3.05, 3.63) is 0 Å². The maximum Gasteiger partial charge on any atom is 0.260 e. The van der Waals surface area contributed by atoms with Gasteiger partial charge in [-0.25, -0.2) is 0 Å². The van der Waals surface area contributed by atoms with Crippen LogP contribution < -0.4 is 10.1 Å². The number of nitrogens with zero attached hydrogens (tertiary/aromatic N) is 3. The second-order valence-electron chi connectivity index (χ2n) is 9.40. The number of rotatable bonds is 8. The van der Waals surface area contributed by atoms with Gasteiger partial charge in [0.15, 0.2) is 5.03 Å². The highest BCUT2D eigenvalue weighted by Gasteiger charge is 2.59. The van der Waals surface area contributed by atoms with E-state index in [9.17, 15) is 15.4 Å². The summed E-state index contributed by atoms with van der Waals surface area (Å²) < 4.78 is 14.2. The highest BCUT2D eigenvalue weighted by Crippen LogP contribution is 2.51. The van der Waals surface area contributed by atoms with Crippen LogP contribution in [-0.2, 0) is 5.21 Å². The van der Waals surface area contributed by atoms with E-state index in [0.29, 0.717) is 17.5 Å². The summed E-state index contributed by atoms with van der Waals surface area (Å²) in [5.74, 6) is 0.139. The van der Waals surface area contributed by atoms with Crippen LogP contribution in [0.15, 0.2) is 5.03 Å². The van der Waals surface area contributed by atoms with E-state index >= 15 is 0 Å². The summed E-state index contributed by atoms with van der Waals surface area (Å²) in [5.41, 5.74) is -1.46. The van der Waals surface area contributed by atoms with Crippen LogP contribution in [0.4, 0.5) is 0 Å². The Hall–Kier alpha value is -0.490. The first kappa shape index (κ1) is 23.8. The van der Waals surface area contributed by atoms with Crippen LogP contribution in [0.3, 0.4) is 0 Å². The molecule has 3 atom stereocenters. The molecule has 0 saturated carbocycles. The van der Waals surface area contributed by atoms with Gasteiger partial charge in [0.2, 0.25) is 0 Å². The van der Waals surface area contributed by atoms with Gasteiger partial charge in [0, 0.05) is 29.9 Å². The van der Waals surface area contributed by atoms with Crippen molar-refractivity contribution in [2.24, 2.45) is 5.92 Å². The van der Waals surface area contributed by atoms with Crippen molar-refractivity contribution in [1.82, 2.24) is 19.1 Å². The van der Waals surface area contributed by atoms with Crippen molar-refractivity contribution in [3.8, 4) is 5.88 Å². The Bertz CT molecular complexity index is 648. The number of ether oxygens (including phenoxy) is 1. The van der Waals surface area contributed by atoms with Gasteiger partial charge in [0.1, 0.15) is 12.7 Å². The Morgan fingerprint density at radius 1 is 1.29 bits per heavy atom. The van der Waals surface area contributed by atoms with Crippen molar-refractivity contribution >= 4 is 23.5 Å². The zero-order valence-electron chi connectivity index (χ0n) is 17.7. The molecule has 1 aromatic rings. The summed E-state index contributed by atoms with van der Waals surface area (Å²) >= 11 is 2.44. The minimum absolute atomic E-state index is 0.0855. The van der Waals surface area contributed by atoms with E-state index in [-0.39, 0.29) is 29.9 Å². The van der Waals surface area contributed by atoms with E-state index < -0.39 is 17.2 Å². The zero-order chi connectivity index (χ0) is 21.3. The van der Waals surface area contributed by atoms with Gasteiger partial charge < -0.3 is 20.3 Å². The first-order valence-corrected chi connectivity index (χ1v) is 11.0. The Morgan fingerprint density at radius 3 is 2.50 bits per heavy atom. The molecule has 1 aliphatic heterocycles. The minimum Gasteiger partial charge on any atom is -0.472 e. The number of β-amino-alcohol motifs (C(OH)–C–C–N with tert-alkyl or cyclic N) is 1. The highest BCUT2D eigenvalue weighted by molar-refractivity contribution is 8.00.